The fourth-order valence-electron chi connectivity index (χ4n) is 2.17. The van der Waals surface area contributed by atoms with Gasteiger partial charge in [-0.05, 0) is 0 Å². The van der Waals surface area contributed by atoms with Gasteiger partial charge in [-0.3, -0.25) is 0 Å². The molecule has 0 N–H and O–H groups in total. The minimum atomic E-state index is -1.27. The van der Waals surface area contributed by atoms with Crippen molar-refractivity contribution in [1.29, 1.82) is 0 Å². The lowest BCUT2D eigenvalue weighted by Crippen LogP contribution is -2.81. The van der Waals surface area contributed by atoms with Crippen molar-refractivity contribution in [3.05, 3.63) is 31.5 Å². The van der Waals surface area contributed by atoms with Crippen LogP contribution in [-0.2, 0) is 15.2 Å². The van der Waals surface area contributed by atoms with Crippen LogP contribution in [0.25, 0.3) is 0 Å². The third-order valence-electron chi connectivity index (χ3n) is 2.79. The number of nitrogens with zero attached hydrogens (tertiary/aromatic N) is 3. The Balaban J connectivity index is 2.42. The molecule has 1 saturated heterocycles. The van der Waals surface area contributed by atoms with Gasteiger partial charge in [0.05, 0.1) is 0 Å². The molecule has 70 valence electrons. The van der Waals surface area contributed by atoms with Gasteiger partial charge in [-0.15, -0.1) is 0 Å². The SMILES string of the molecule is O=c1n2c(=O)n3c(=O)n1C31COB2O1. The summed E-state index contributed by atoms with van der Waals surface area (Å²) in [6.45, 7) is 0.0252. The summed E-state index contributed by atoms with van der Waals surface area (Å²) in [7, 11) is -0.962. The van der Waals surface area contributed by atoms with Crippen LogP contribution in [0.1, 0.15) is 0 Å². The molecule has 1 aromatic heterocycles. The van der Waals surface area contributed by atoms with Crippen molar-refractivity contribution in [2.45, 2.75) is 5.85 Å². The molecule has 1 fully saturated rings. The second kappa shape index (κ2) is 1.53. The summed E-state index contributed by atoms with van der Waals surface area (Å²) in [5.41, 5.74) is -1.95. The molecule has 8 nitrogen and oxygen atoms in total. The lowest BCUT2D eigenvalue weighted by atomic mass is 10.1. The zero-order chi connectivity index (χ0) is 9.66. The molecule has 0 saturated carbocycles. The first kappa shape index (κ1) is 6.79. The minimum absolute atomic E-state index is 0.0252. The van der Waals surface area contributed by atoms with Gasteiger partial charge < -0.3 is 9.31 Å². The van der Waals surface area contributed by atoms with E-state index < -0.39 is 30.2 Å². The summed E-state index contributed by atoms with van der Waals surface area (Å²) >= 11 is 0. The van der Waals surface area contributed by atoms with Crippen molar-refractivity contribution in [3.8, 4) is 0 Å². The number of rotatable bonds is 0. The van der Waals surface area contributed by atoms with Crippen molar-refractivity contribution in [2.75, 3.05) is 6.61 Å². The molecule has 0 aromatic carbocycles. The minimum Gasteiger partial charge on any atom is -0.384 e. The van der Waals surface area contributed by atoms with Crippen molar-refractivity contribution >= 4 is 7.25 Å². The van der Waals surface area contributed by atoms with Crippen LogP contribution in [0, 0.1) is 0 Å². The van der Waals surface area contributed by atoms with E-state index in [0.717, 1.165) is 13.6 Å². The predicted octanol–water partition coefficient (Wildman–Crippen LogP) is -3.46. The Morgan fingerprint density at radius 3 is 2.43 bits per heavy atom. The van der Waals surface area contributed by atoms with E-state index >= 15 is 0 Å². The standard InChI is InChI=1S/C5H2BN3O5/c10-2-7-3(11)9-4(12)8(2)5(7)1-13-6(9)14-5/h1H2. The Kier molecular flexibility index (Phi) is 0.741. The van der Waals surface area contributed by atoms with Crippen LogP contribution in [0.5, 0.6) is 0 Å². The lowest BCUT2D eigenvalue weighted by Gasteiger charge is -2.41. The van der Waals surface area contributed by atoms with E-state index in [0.29, 0.717) is 0 Å². The Labute approximate surface area is 75.1 Å². The summed E-state index contributed by atoms with van der Waals surface area (Å²) < 4.78 is 12.9. The van der Waals surface area contributed by atoms with Gasteiger partial charge >= 0.3 is 24.3 Å². The van der Waals surface area contributed by atoms with Crippen molar-refractivity contribution < 1.29 is 9.31 Å². The van der Waals surface area contributed by atoms with Gasteiger partial charge in [0, 0.05) is 0 Å². The van der Waals surface area contributed by atoms with Crippen molar-refractivity contribution in [3.63, 3.8) is 0 Å². The molecule has 1 aromatic rings. The maximum atomic E-state index is 11.5. The summed E-state index contributed by atoms with van der Waals surface area (Å²) in [6, 6.07) is 0. The molecule has 5 aliphatic heterocycles. The molecule has 0 aliphatic carbocycles. The molecular formula is C5H2BN3O5. The highest BCUT2D eigenvalue weighted by atomic mass is 16.7. The molecule has 5 aliphatic rings. The first-order valence-electron chi connectivity index (χ1n) is 3.98. The Bertz CT molecular complexity index is 597. The average Bonchev–Trinajstić information content (AvgIpc) is 2.44. The monoisotopic (exact) mass is 195 g/mol. The Morgan fingerprint density at radius 2 is 1.79 bits per heavy atom. The van der Waals surface area contributed by atoms with E-state index in [9.17, 15) is 14.4 Å². The lowest BCUT2D eigenvalue weighted by molar-refractivity contribution is -0.102. The second-order valence-electron chi connectivity index (χ2n) is 3.37. The fraction of sp³-hybridized carbons (Fsp3) is 0.400. The molecule has 0 atom stereocenters. The molecule has 0 amide bonds. The van der Waals surface area contributed by atoms with Crippen LogP contribution < -0.4 is 17.1 Å². The van der Waals surface area contributed by atoms with Gasteiger partial charge in [0.2, 0.25) is 0 Å². The molecule has 14 heavy (non-hydrogen) atoms. The van der Waals surface area contributed by atoms with Gasteiger partial charge in [0.25, 0.3) is 5.85 Å². The van der Waals surface area contributed by atoms with Crippen molar-refractivity contribution in [1.82, 2.24) is 13.6 Å². The maximum absolute atomic E-state index is 11.5. The van der Waals surface area contributed by atoms with E-state index in [1.165, 1.54) is 0 Å². The summed E-state index contributed by atoms with van der Waals surface area (Å²) in [5.74, 6) is -1.27. The van der Waals surface area contributed by atoms with Crippen LogP contribution in [0.4, 0.5) is 0 Å². The molecule has 6 rings (SSSR count). The zero-order valence-corrected chi connectivity index (χ0v) is 6.67. The molecule has 5 bridgehead atoms. The fourth-order valence-corrected chi connectivity index (χ4v) is 2.17. The first-order chi connectivity index (χ1) is 6.67. The third-order valence-corrected chi connectivity index (χ3v) is 2.79. The van der Waals surface area contributed by atoms with E-state index in [4.69, 9.17) is 9.31 Å². The molecular weight excluding hydrogens is 193 g/mol. The molecule has 0 radical (unpaired) electrons. The molecule has 9 heteroatoms. The Hall–Kier alpha value is -1.61. The first-order valence-corrected chi connectivity index (χ1v) is 3.98. The van der Waals surface area contributed by atoms with Crippen LogP contribution in [-0.4, -0.2) is 27.5 Å². The smallest absolute Gasteiger partial charge is 0.384 e. The third kappa shape index (κ3) is 0.376. The number of aromatic nitrogens is 3. The Morgan fingerprint density at radius 1 is 1.14 bits per heavy atom. The van der Waals surface area contributed by atoms with Crippen molar-refractivity contribution in [2.24, 2.45) is 0 Å². The van der Waals surface area contributed by atoms with Crippen LogP contribution in [0.2, 0.25) is 0 Å². The maximum Gasteiger partial charge on any atom is 0.608 e. The van der Waals surface area contributed by atoms with Gasteiger partial charge in [0.15, 0.2) is 0 Å². The molecule has 1 spiro atoms. The van der Waals surface area contributed by atoms with Gasteiger partial charge in [0.1, 0.15) is 6.61 Å². The second-order valence-corrected chi connectivity index (χ2v) is 3.37. The van der Waals surface area contributed by atoms with Crippen LogP contribution in [0.3, 0.4) is 0 Å². The largest absolute Gasteiger partial charge is 0.608 e. The summed E-state index contributed by atoms with van der Waals surface area (Å²) in [5, 5.41) is 0. The topological polar surface area (TPSA) is 84.5 Å². The molecule has 6 heterocycles. The van der Waals surface area contributed by atoms with Crippen LogP contribution in [0.15, 0.2) is 14.4 Å². The van der Waals surface area contributed by atoms with E-state index in [1.807, 2.05) is 0 Å². The highest BCUT2D eigenvalue weighted by Crippen LogP contribution is 2.31. The normalized spacial score (nSPS) is 22.7. The average molecular weight is 195 g/mol. The quantitative estimate of drug-likeness (QED) is 0.401. The summed E-state index contributed by atoms with van der Waals surface area (Å²) in [6.07, 6.45) is 0. The molecule has 0 unspecified atom stereocenters. The van der Waals surface area contributed by atoms with E-state index in [-0.39, 0.29) is 6.61 Å². The van der Waals surface area contributed by atoms with Crippen LogP contribution >= 0.6 is 0 Å². The van der Waals surface area contributed by atoms with Gasteiger partial charge in [-0.25, -0.2) is 18.9 Å². The highest BCUT2D eigenvalue weighted by molar-refractivity contribution is 6.43. The van der Waals surface area contributed by atoms with E-state index in [1.54, 1.807) is 0 Å². The zero-order valence-electron chi connectivity index (χ0n) is 6.67. The van der Waals surface area contributed by atoms with E-state index in [2.05, 4.69) is 0 Å². The number of hydrogen-bond donors (Lipinski definition) is 0. The number of hydrogen-bond acceptors (Lipinski definition) is 5. The van der Waals surface area contributed by atoms with Gasteiger partial charge in [-0.2, -0.15) is 9.13 Å². The van der Waals surface area contributed by atoms with Gasteiger partial charge in [-0.1, -0.05) is 0 Å². The summed E-state index contributed by atoms with van der Waals surface area (Å²) in [4.78, 5) is 34.3. The highest BCUT2D eigenvalue weighted by Gasteiger charge is 2.64. The predicted molar refractivity (Wildman–Crippen MR) is 40.8 cm³/mol.